The first-order valence-electron chi connectivity index (χ1n) is 11.7. The number of hydrogen-bond donors (Lipinski definition) is 0. The van der Waals surface area contributed by atoms with E-state index in [9.17, 15) is 4.79 Å². The molecule has 0 saturated heterocycles. The van der Waals surface area contributed by atoms with Crippen molar-refractivity contribution < 1.29 is 23.7 Å². The molecule has 176 valence electrons. The molecular weight excluding hydrogens is 430 g/mol. The number of carbonyl (C=O) groups excluding carboxylic acids is 1. The second kappa shape index (κ2) is 10.2. The van der Waals surface area contributed by atoms with Crippen molar-refractivity contribution in [3.8, 4) is 17.2 Å². The Morgan fingerprint density at radius 2 is 1.71 bits per heavy atom. The SMILES string of the molecule is Cc1ccc2c(c1)Cc1cccc(c1)CN(C(=O)Cc1ccc3c(c1)OCO3)CCOCCO2. The van der Waals surface area contributed by atoms with Crippen LogP contribution in [0.5, 0.6) is 17.2 Å². The van der Waals surface area contributed by atoms with Crippen molar-refractivity contribution in [1.82, 2.24) is 4.90 Å². The van der Waals surface area contributed by atoms with E-state index in [1.165, 1.54) is 11.1 Å². The molecule has 3 aromatic carbocycles. The molecule has 2 bridgehead atoms. The summed E-state index contributed by atoms with van der Waals surface area (Å²) in [6.07, 6.45) is 1.07. The summed E-state index contributed by atoms with van der Waals surface area (Å²) in [5.41, 5.74) is 5.57. The molecule has 0 unspecified atom stereocenters. The number of aryl methyl sites for hydroxylation is 1. The van der Waals surface area contributed by atoms with Crippen molar-refractivity contribution in [3.05, 3.63) is 88.5 Å². The van der Waals surface area contributed by atoms with Gasteiger partial charge in [-0.3, -0.25) is 4.79 Å². The molecule has 2 heterocycles. The molecule has 6 heteroatoms. The van der Waals surface area contributed by atoms with Crippen molar-refractivity contribution in [2.75, 3.05) is 33.2 Å². The van der Waals surface area contributed by atoms with Gasteiger partial charge in [-0.25, -0.2) is 0 Å². The highest BCUT2D eigenvalue weighted by Gasteiger charge is 2.19. The van der Waals surface area contributed by atoms with Crippen LogP contribution in [-0.4, -0.2) is 44.0 Å². The lowest BCUT2D eigenvalue weighted by Crippen LogP contribution is -2.35. The van der Waals surface area contributed by atoms with Crippen LogP contribution in [0.3, 0.4) is 0 Å². The largest absolute Gasteiger partial charge is 0.491 e. The molecule has 0 aliphatic carbocycles. The lowest BCUT2D eigenvalue weighted by atomic mass is 10.00. The molecule has 0 aromatic heterocycles. The van der Waals surface area contributed by atoms with Gasteiger partial charge in [-0.05, 0) is 47.4 Å². The molecule has 0 N–H and O–H groups in total. The first-order valence-corrected chi connectivity index (χ1v) is 11.7. The molecule has 2 aliphatic rings. The minimum atomic E-state index is 0.0529. The normalized spacial score (nSPS) is 15.7. The third-order valence-corrected chi connectivity index (χ3v) is 6.11. The summed E-state index contributed by atoms with van der Waals surface area (Å²) in [6, 6.07) is 20.4. The minimum Gasteiger partial charge on any atom is -0.491 e. The Morgan fingerprint density at radius 3 is 2.65 bits per heavy atom. The lowest BCUT2D eigenvalue weighted by Gasteiger charge is -2.24. The van der Waals surface area contributed by atoms with E-state index in [1.54, 1.807) is 0 Å². The van der Waals surface area contributed by atoms with Gasteiger partial charge < -0.3 is 23.8 Å². The lowest BCUT2D eigenvalue weighted by molar-refractivity contribution is -0.131. The van der Waals surface area contributed by atoms with E-state index in [-0.39, 0.29) is 12.7 Å². The molecule has 0 saturated carbocycles. The molecule has 0 spiro atoms. The molecule has 0 radical (unpaired) electrons. The van der Waals surface area contributed by atoms with Crippen LogP contribution >= 0.6 is 0 Å². The van der Waals surface area contributed by atoms with Gasteiger partial charge in [0.1, 0.15) is 12.4 Å². The maximum absolute atomic E-state index is 13.3. The number of nitrogens with zero attached hydrogens (tertiary/aromatic N) is 1. The molecule has 34 heavy (non-hydrogen) atoms. The van der Waals surface area contributed by atoms with Gasteiger partial charge >= 0.3 is 0 Å². The Bertz CT molecular complexity index is 1180. The number of amides is 1. The summed E-state index contributed by atoms with van der Waals surface area (Å²) in [7, 11) is 0. The second-order valence-corrected chi connectivity index (χ2v) is 8.75. The van der Waals surface area contributed by atoms with Crippen LogP contribution in [0.1, 0.15) is 27.8 Å². The summed E-state index contributed by atoms with van der Waals surface area (Å²) in [6.45, 7) is 4.77. The highest BCUT2D eigenvalue weighted by molar-refractivity contribution is 5.79. The van der Waals surface area contributed by atoms with Crippen LogP contribution in [0, 0.1) is 6.92 Å². The van der Waals surface area contributed by atoms with E-state index in [4.69, 9.17) is 18.9 Å². The van der Waals surface area contributed by atoms with Gasteiger partial charge in [0.15, 0.2) is 11.5 Å². The van der Waals surface area contributed by atoms with Gasteiger partial charge in [-0.1, -0.05) is 48.0 Å². The van der Waals surface area contributed by atoms with E-state index < -0.39 is 0 Å². The number of fused-ring (bicyclic) bond motifs is 4. The van der Waals surface area contributed by atoms with E-state index in [0.29, 0.717) is 45.1 Å². The maximum Gasteiger partial charge on any atom is 0.231 e. The monoisotopic (exact) mass is 459 g/mol. The van der Waals surface area contributed by atoms with Crippen LogP contribution in [0.25, 0.3) is 0 Å². The molecule has 0 atom stereocenters. The second-order valence-electron chi connectivity index (χ2n) is 8.75. The predicted octanol–water partition coefficient (Wildman–Crippen LogP) is 4.29. The Labute approximate surface area is 200 Å². The minimum absolute atomic E-state index is 0.0529. The van der Waals surface area contributed by atoms with E-state index in [2.05, 4.69) is 43.3 Å². The highest BCUT2D eigenvalue weighted by Crippen LogP contribution is 2.32. The van der Waals surface area contributed by atoms with Gasteiger partial charge in [0.2, 0.25) is 12.7 Å². The number of benzene rings is 3. The molecule has 0 fully saturated rings. The summed E-state index contributed by atoms with van der Waals surface area (Å²) in [5.74, 6) is 2.37. The van der Waals surface area contributed by atoms with Gasteiger partial charge in [0, 0.05) is 19.5 Å². The summed E-state index contributed by atoms with van der Waals surface area (Å²) >= 11 is 0. The highest BCUT2D eigenvalue weighted by atomic mass is 16.7. The molecular formula is C28H29NO5. The van der Waals surface area contributed by atoms with Crippen molar-refractivity contribution >= 4 is 5.91 Å². The molecule has 6 nitrogen and oxygen atoms in total. The Morgan fingerprint density at radius 1 is 0.853 bits per heavy atom. The molecule has 2 aliphatic heterocycles. The van der Waals surface area contributed by atoms with Crippen LogP contribution in [-0.2, 0) is 28.9 Å². The van der Waals surface area contributed by atoms with Crippen molar-refractivity contribution in [2.24, 2.45) is 0 Å². The molecule has 1 amide bonds. The van der Waals surface area contributed by atoms with Crippen molar-refractivity contribution in [1.29, 1.82) is 0 Å². The molecule has 5 rings (SSSR count). The fraction of sp³-hybridized carbons (Fsp3) is 0.321. The quantitative estimate of drug-likeness (QED) is 0.572. The predicted molar refractivity (Wildman–Crippen MR) is 128 cm³/mol. The Hall–Kier alpha value is -3.51. The van der Waals surface area contributed by atoms with Crippen LogP contribution in [0.15, 0.2) is 60.7 Å². The van der Waals surface area contributed by atoms with Gasteiger partial charge in [-0.15, -0.1) is 0 Å². The van der Waals surface area contributed by atoms with Gasteiger partial charge in [0.25, 0.3) is 0 Å². The zero-order valence-corrected chi connectivity index (χ0v) is 19.4. The third kappa shape index (κ3) is 5.34. The Kier molecular flexibility index (Phi) is 6.67. The van der Waals surface area contributed by atoms with E-state index in [1.807, 2.05) is 29.2 Å². The summed E-state index contributed by atoms with van der Waals surface area (Å²) < 4.78 is 22.7. The zero-order valence-electron chi connectivity index (χ0n) is 19.4. The first-order chi connectivity index (χ1) is 16.6. The topological polar surface area (TPSA) is 57.2 Å². The van der Waals surface area contributed by atoms with Crippen LogP contribution in [0.4, 0.5) is 0 Å². The maximum atomic E-state index is 13.3. The van der Waals surface area contributed by atoms with Gasteiger partial charge in [-0.2, -0.15) is 0 Å². The standard InChI is InChI=1S/C28H29NO5/c1-20-5-7-25-24(13-20)15-21-3-2-4-23(14-21)18-29(9-10-31-11-12-32-25)28(30)17-22-6-8-26-27(16-22)34-19-33-26/h2-8,13-14,16H,9-12,15,17-19H2,1H3. The average molecular weight is 460 g/mol. The van der Waals surface area contributed by atoms with Gasteiger partial charge in [0.05, 0.1) is 19.6 Å². The van der Waals surface area contributed by atoms with Crippen LogP contribution < -0.4 is 14.2 Å². The number of ether oxygens (including phenoxy) is 4. The third-order valence-electron chi connectivity index (χ3n) is 6.11. The smallest absolute Gasteiger partial charge is 0.231 e. The number of hydrogen-bond acceptors (Lipinski definition) is 5. The van der Waals surface area contributed by atoms with Crippen molar-refractivity contribution in [2.45, 2.75) is 26.3 Å². The summed E-state index contributed by atoms with van der Waals surface area (Å²) in [4.78, 5) is 15.1. The number of carbonyl (C=O) groups is 1. The fourth-order valence-electron chi connectivity index (χ4n) is 4.38. The fourth-order valence-corrected chi connectivity index (χ4v) is 4.38. The van der Waals surface area contributed by atoms with E-state index in [0.717, 1.165) is 34.6 Å². The zero-order chi connectivity index (χ0) is 23.3. The molecule has 3 aromatic rings. The van der Waals surface area contributed by atoms with E-state index >= 15 is 0 Å². The average Bonchev–Trinajstić information content (AvgIpc) is 3.29. The van der Waals surface area contributed by atoms with Crippen LogP contribution in [0.2, 0.25) is 0 Å². The Balaban J connectivity index is 1.36. The number of rotatable bonds is 2. The first kappa shape index (κ1) is 22.3. The summed E-state index contributed by atoms with van der Waals surface area (Å²) in [5, 5.41) is 0. The van der Waals surface area contributed by atoms with Crippen molar-refractivity contribution in [3.63, 3.8) is 0 Å².